The van der Waals surface area contributed by atoms with E-state index in [0.29, 0.717) is 41.6 Å². The number of aryl methyl sites for hydroxylation is 1. The Balaban J connectivity index is 1.52. The summed E-state index contributed by atoms with van der Waals surface area (Å²) in [5.74, 6) is 0.695. The van der Waals surface area contributed by atoms with Crippen molar-refractivity contribution in [3.05, 3.63) is 65.8 Å². The zero-order chi connectivity index (χ0) is 19.2. The molecule has 2 amide bonds. The number of anilines is 1. The van der Waals surface area contributed by atoms with E-state index in [1.165, 1.54) is 18.4 Å². The van der Waals surface area contributed by atoms with Crippen LogP contribution < -0.4 is 15.4 Å². The van der Waals surface area contributed by atoms with E-state index in [4.69, 9.17) is 9.15 Å². The first-order valence-electron chi connectivity index (χ1n) is 8.45. The number of carbonyl (C=O) groups is 1. The maximum Gasteiger partial charge on any atom is 0.319 e. The van der Waals surface area contributed by atoms with E-state index < -0.39 is 0 Å². The van der Waals surface area contributed by atoms with Crippen molar-refractivity contribution < 1.29 is 18.3 Å². The number of aromatic nitrogens is 1. The fourth-order valence-corrected chi connectivity index (χ4v) is 2.54. The van der Waals surface area contributed by atoms with Crippen LogP contribution in [0.5, 0.6) is 5.75 Å². The minimum absolute atomic E-state index is 0.314. The largest absolute Gasteiger partial charge is 0.495 e. The normalized spacial score (nSPS) is 10.5. The third kappa shape index (κ3) is 4.84. The average molecular weight is 369 g/mol. The van der Waals surface area contributed by atoms with E-state index in [2.05, 4.69) is 15.6 Å². The second kappa shape index (κ2) is 8.35. The summed E-state index contributed by atoms with van der Waals surface area (Å²) < 4.78 is 23.6. The molecule has 27 heavy (non-hydrogen) atoms. The van der Waals surface area contributed by atoms with Crippen molar-refractivity contribution in [3.63, 3.8) is 0 Å². The molecule has 0 saturated carbocycles. The molecule has 1 heterocycles. The van der Waals surface area contributed by atoms with Gasteiger partial charge in [-0.1, -0.05) is 6.07 Å². The van der Waals surface area contributed by atoms with Crippen molar-refractivity contribution in [3.8, 4) is 17.2 Å². The topological polar surface area (TPSA) is 76.4 Å². The molecule has 0 aliphatic carbocycles. The summed E-state index contributed by atoms with van der Waals surface area (Å²) in [5, 5.41) is 5.54. The Labute approximate surface area is 156 Å². The fraction of sp³-hybridized carbons (Fsp3) is 0.200. The summed E-state index contributed by atoms with van der Waals surface area (Å²) in [4.78, 5) is 16.4. The lowest BCUT2D eigenvalue weighted by molar-refractivity contribution is 0.252. The van der Waals surface area contributed by atoms with Crippen LogP contribution in [0.15, 0.2) is 53.1 Å². The molecule has 140 valence electrons. The summed E-state index contributed by atoms with van der Waals surface area (Å²) in [6.45, 7) is 2.32. The van der Waals surface area contributed by atoms with Crippen LogP contribution in [0, 0.1) is 12.7 Å². The predicted molar refractivity (Wildman–Crippen MR) is 100 cm³/mol. The van der Waals surface area contributed by atoms with Crippen molar-refractivity contribution in [2.24, 2.45) is 0 Å². The zero-order valence-electron chi connectivity index (χ0n) is 15.1. The summed E-state index contributed by atoms with van der Waals surface area (Å²) in [7, 11) is 1.55. The van der Waals surface area contributed by atoms with Crippen LogP contribution in [0.2, 0.25) is 0 Å². The maximum absolute atomic E-state index is 13.0. The Morgan fingerprint density at radius 2 is 2.00 bits per heavy atom. The van der Waals surface area contributed by atoms with Crippen molar-refractivity contribution in [2.45, 2.75) is 13.3 Å². The number of methoxy groups -OCH3 is 1. The van der Waals surface area contributed by atoms with Gasteiger partial charge >= 0.3 is 6.03 Å². The number of amides is 2. The van der Waals surface area contributed by atoms with Gasteiger partial charge < -0.3 is 19.8 Å². The smallest absolute Gasteiger partial charge is 0.319 e. The number of hydrogen-bond acceptors (Lipinski definition) is 4. The number of hydrogen-bond donors (Lipinski definition) is 2. The van der Waals surface area contributed by atoms with E-state index in [9.17, 15) is 9.18 Å². The van der Waals surface area contributed by atoms with Gasteiger partial charge in [-0.05, 0) is 48.9 Å². The molecule has 7 heteroatoms. The van der Waals surface area contributed by atoms with Crippen molar-refractivity contribution in [1.29, 1.82) is 0 Å². The van der Waals surface area contributed by atoms with Gasteiger partial charge in [0.25, 0.3) is 0 Å². The highest BCUT2D eigenvalue weighted by atomic mass is 19.1. The molecule has 2 aromatic carbocycles. The van der Waals surface area contributed by atoms with E-state index in [-0.39, 0.29) is 11.8 Å². The Hall–Kier alpha value is -3.35. The molecule has 3 rings (SSSR count). The van der Waals surface area contributed by atoms with Gasteiger partial charge in [-0.2, -0.15) is 0 Å². The number of rotatable bonds is 6. The minimum atomic E-state index is -0.332. The van der Waals surface area contributed by atoms with Gasteiger partial charge in [0.1, 0.15) is 17.8 Å². The molecule has 2 N–H and O–H groups in total. The second-order valence-corrected chi connectivity index (χ2v) is 5.99. The van der Waals surface area contributed by atoms with Crippen molar-refractivity contribution in [1.82, 2.24) is 10.3 Å². The Bertz CT molecular complexity index is 922. The highest BCUT2D eigenvalue weighted by Crippen LogP contribution is 2.25. The summed E-state index contributed by atoms with van der Waals surface area (Å²) in [5.41, 5.74) is 3.01. The molecule has 0 atom stereocenters. The van der Waals surface area contributed by atoms with E-state index >= 15 is 0 Å². The van der Waals surface area contributed by atoms with Gasteiger partial charge in [-0.25, -0.2) is 14.2 Å². The van der Waals surface area contributed by atoms with Crippen LogP contribution in [0.25, 0.3) is 11.5 Å². The van der Waals surface area contributed by atoms with Crippen LogP contribution >= 0.6 is 0 Å². The first kappa shape index (κ1) is 18.4. The summed E-state index contributed by atoms with van der Waals surface area (Å²) in [6, 6.07) is 11.1. The lowest BCUT2D eigenvalue weighted by atomic mass is 10.2. The molecule has 1 aromatic heterocycles. The van der Waals surface area contributed by atoms with Crippen LogP contribution in [-0.2, 0) is 6.42 Å². The van der Waals surface area contributed by atoms with Gasteiger partial charge in [0.2, 0.25) is 5.89 Å². The Morgan fingerprint density at radius 3 is 2.74 bits per heavy atom. The lowest BCUT2D eigenvalue weighted by Gasteiger charge is -2.11. The average Bonchev–Trinajstić information content (AvgIpc) is 3.11. The van der Waals surface area contributed by atoms with E-state index in [1.807, 2.05) is 19.1 Å². The van der Waals surface area contributed by atoms with Crippen LogP contribution in [-0.4, -0.2) is 24.7 Å². The molecule has 0 fully saturated rings. The number of carbonyl (C=O) groups excluding carboxylic acids is 1. The van der Waals surface area contributed by atoms with Crippen LogP contribution in [0.4, 0.5) is 14.9 Å². The predicted octanol–water partition coefficient (Wildman–Crippen LogP) is 4.16. The number of halogens is 1. The molecule has 0 aliphatic rings. The maximum atomic E-state index is 13.0. The van der Waals surface area contributed by atoms with Crippen LogP contribution in [0.1, 0.15) is 11.3 Å². The molecular formula is C20H20FN3O3. The Kier molecular flexibility index (Phi) is 5.71. The molecule has 0 bridgehead atoms. The number of oxazole rings is 1. The Morgan fingerprint density at radius 1 is 1.22 bits per heavy atom. The molecule has 0 saturated heterocycles. The number of nitrogens with one attached hydrogen (secondary N) is 2. The quantitative estimate of drug-likeness (QED) is 0.684. The fourth-order valence-electron chi connectivity index (χ4n) is 2.54. The summed E-state index contributed by atoms with van der Waals surface area (Å²) >= 11 is 0. The first-order chi connectivity index (χ1) is 13.0. The number of nitrogens with zero attached hydrogens (tertiary/aromatic N) is 1. The number of urea groups is 1. The van der Waals surface area contributed by atoms with Gasteiger partial charge in [0.15, 0.2) is 0 Å². The minimum Gasteiger partial charge on any atom is -0.495 e. The second-order valence-electron chi connectivity index (χ2n) is 5.99. The monoisotopic (exact) mass is 369 g/mol. The summed E-state index contributed by atoms with van der Waals surface area (Å²) in [6.07, 6.45) is 2.03. The zero-order valence-corrected chi connectivity index (χ0v) is 15.1. The standard InChI is InChI=1S/C20H20FN3O3/c1-13-3-8-18(26-2)17(11-13)24-20(25)22-10-9-16-12-27-19(23-16)14-4-6-15(21)7-5-14/h3-8,11-12H,9-10H2,1-2H3,(H2,22,24,25). The highest BCUT2D eigenvalue weighted by molar-refractivity contribution is 5.91. The molecule has 3 aromatic rings. The molecule has 0 aliphatic heterocycles. The van der Waals surface area contributed by atoms with E-state index in [1.54, 1.807) is 25.3 Å². The third-order valence-corrected chi connectivity index (χ3v) is 3.91. The molecule has 0 spiro atoms. The first-order valence-corrected chi connectivity index (χ1v) is 8.45. The van der Waals surface area contributed by atoms with Gasteiger partial charge in [-0.15, -0.1) is 0 Å². The van der Waals surface area contributed by atoms with E-state index in [0.717, 1.165) is 5.56 Å². The SMILES string of the molecule is COc1ccc(C)cc1NC(=O)NCCc1coc(-c2ccc(F)cc2)n1. The highest BCUT2D eigenvalue weighted by Gasteiger charge is 2.09. The van der Waals surface area contributed by atoms with Gasteiger partial charge in [-0.3, -0.25) is 0 Å². The van der Waals surface area contributed by atoms with Crippen molar-refractivity contribution in [2.75, 3.05) is 19.0 Å². The molecular weight excluding hydrogens is 349 g/mol. The number of benzene rings is 2. The van der Waals surface area contributed by atoms with Crippen molar-refractivity contribution >= 4 is 11.7 Å². The van der Waals surface area contributed by atoms with Gasteiger partial charge in [0.05, 0.1) is 18.5 Å². The third-order valence-electron chi connectivity index (χ3n) is 3.91. The molecule has 6 nitrogen and oxygen atoms in total. The number of ether oxygens (including phenoxy) is 1. The van der Waals surface area contributed by atoms with Crippen LogP contribution in [0.3, 0.4) is 0 Å². The molecule has 0 unspecified atom stereocenters. The lowest BCUT2D eigenvalue weighted by Crippen LogP contribution is -2.30. The molecule has 0 radical (unpaired) electrons. The van der Waals surface area contributed by atoms with Gasteiger partial charge in [0, 0.05) is 18.5 Å².